The summed E-state index contributed by atoms with van der Waals surface area (Å²) in [7, 11) is 0. The van der Waals surface area contributed by atoms with Crippen LogP contribution in [-0.2, 0) is 32.1 Å². The maximum Gasteiger partial charge on any atom is 0.229 e. The highest BCUT2D eigenvalue weighted by Gasteiger charge is 2.30. The van der Waals surface area contributed by atoms with E-state index in [1.807, 2.05) is 108 Å². The largest absolute Gasteiger partial charge is 0.337 e. The summed E-state index contributed by atoms with van der Waals surface area (Å²) in [5.41, 5.74) is 4.48. The molecule has 6 nitrogen and oxygen atoms in total. The van der Waals surface area contributed by atoms with Crippen LogP contribution in [0.5, 0.6) is 0 Å². The highest BCUT2D eigenvalue weighted by molar-refractivity contribution is 7.10. The summed E-state index contributed by atoms with van der Waals surface area (Å²) in [4.78, 5) is 54.9. The molecule has 2 aromatic heterocycles. The second-order valence-corrected chi connectivity index (χ2v) is 14.0. The fourth-order valence-corrected chi connectivity index (χ4v) is 7.29. The lowest BCUT2D eigenvalue weighted by atomic mass is 9.84. The van der Waals surface area contributed by atoms with Crippen molar-refractivity contribution in [2.45, 2.75) is 38.6 Å². The van der Waals surface area contributed by atoms with E-state index < -0.39 is 0 Å². The highest BCUT2D eigenvalue weighted by Crippen LogP contribution is 2.27. The van der Waals surface area contributed by atoms with Gasteiger partial charge >= 0.3 is 0 Å². The lowest BCUT2D eigenvalue weighted by Gasteiger charge is -2.31. The number of nitrogens with one attached hydrogen (secondary N) is 1. The lowest BCUT2D eigenvalue weighted by Crippen LogP contribution is -2.43. The first-order chi connectivity index (χ1) is 22.9. The first-order valence-electron chi connectivity index (χ1n) is 15.9. The number of anilines is 1. The monoisotopic (exact) mass is 660 g/mol. The third-order valence-electron chi connectivity index (χ3n) is 8.61. The van der Waals surface area contributed by atoms with E-state index >= 15 is 0 Å². The Morgan fingerprint density at radius 1 is 0.809 bits per heavy atom. The number of nitrogens with zero attached hydrogens (tertiary/aromatic N) is 1. The van der Waals surface area contributed by atoms with E-state index in [1.54, 1.807) is 33.6 Å². The van der Waals surface area contributed by atoms with Crippen LogP contribution in [0.15, 0.2) is 101 Å². The third-order valence-corrected chi connectivity index (χ3v) is 10.3. The molecule has 0 radical (unpaired) electrons. The predicted octanol–water partition coefficient (Wildman–Crippen LogP) is 8.09. The average molecular weight is 661 g/mol. The van der Waals surface area contributed by atoms with Crippen LogP contribution in [0.1, 0.15) is 52.1 Å². The summed E-state index contributed by atoms with van der Waals surface area (Å²) >= 11 is 3.26. The summed E-state index contributed by atoms with van der Waals surface area (Å²) < 4.78 is 0. The molecule has 2 aromatic carbocycles. The first kappa shape index (κ1) is 32.3. The molecular formula is C39H36N2O4S2. The van der Waals surface area contributed by atoms with Crippen molar-refractivity contribution in [1.82, 2.24) is 4.90 Å². The number of amides is 2. The molecule has 1 aliphatic heterocycles. The van der Waals surface area contributed by atoms with E-state index in [9.17, 15) is 19.2 Å². The van der Waals surface area contributed by atoms with Gasteiger partial charge in [0, 0.05) is 47.2 Å². The number of Topliss-reactive ketones (excluding diaryl/α,β-unsaturated/α-hetero) is 1. The van der Waals surface area contributed by atoms with Gasteiger partial charge in [0.1, 0.15) is 0 Å². The molecule has 238 valence electrons. The van der Waals surface area contributed by atoms with E-state index in [2.05, 4.69) is 5.32 Å². The van der Waals surface area contributed by atoms with Gasteiger partial charge in [0.25, 0.3) is 0 Å². The average Bonchev–Trinajstić information content (AvgIpc) is 3.81. The summed E-state index contributed by atoms with van der Waals surface area (Å²) in [6, 6.07) is 23.6. The van der Waals surface area contributed by atoms with E-state index in [0.29, 0.717) is 38.8 Å². The molecule has 47 heavy (non-hydrogen) atoms. The van der Waals surface area contributed by atoms with Crippen LogP contribution in [0, 0.1) is 11.8 Å². The molecule has 4 aromatic rings. The summed E-state index contributed by atoms with van der Waals surface area (Å²) in [6.07, 6.45) is 11.8. The number of ketones is 2. The Balaban J connectivity index is 0.968. The van der Waals surface area contributed by atoms with Crippen molar-refractivity contribution in [3.63, 3.8) is 0 Å². The van der Waals surface area contributed by atoms with Gasteiger partial charge in [-0.1, -0.05) is 72.8 Å². The lowest BCUT2D eigenvalue weighted by molar-refractivity contribution is -0.137. The van der Waals surface area contributed by atoms with Gasteiger partial charge in [0.2, 0.25) is 11.8 Å². The highest BCUT2D eigenvalue weighted by atomic mass is 32.1. The van der Waals surface area contributed by atoms with Crippen LogP contribution >= 0.6 is 22.7 Å². The van der Waals surface area contributed by atoms with Crippen LogP contribution in [0.25, 0.3) is 18.2 Å². The van der Waals surface area contributed by atoms with E-state index in [1.165, 1.54) is 4.88 Å². The van der Waals surface area contributed by atoms with Gasteiger partial charge in [-0.3, -0.25) is 19.2 Å². The predicted molar refractivity (Wildman–Crippen MR) is 191 cm³/mol. The number of carbonyl (C=O) groups excluding carboxylic acids is 4. The smallest absolute Gasteiger partial charge is 0.229 e. The molecule has 3 heterocycles. The maximum atomic E-state index is 13.0. The van der Waals surface area contributed by atoms with Crippen molar-refractivity contribution in [3.05, 3.63) is 128 Å². The van der Waals surface area contributed by atoms with Crippen molar-refractivity contribution in [1.29, 1.82) is 0 Å². The molecule has 1 saturated heterocycles. The van der Waals surface area contributed by atoms with Gasteiger partial charge in [-0.05, 0) is 76.2 Å². The number of benzene rings is 2. The molecule has 1 aliphatic carbocycles. The Morgan fingerprint density at radius 3 is 2.09 bits per heavy atom. The molecule has 2 atom stereocenters. The number of rotatable bonds is 11. The second-order valence-electron chi connectivity index (χ2n) is 12.0. The molecular weight excluding hydrogens is 625 g/mol. The van der Waals surface area contributed by atoms with Crippen molar-refractivity contribution in [2.24, 2.45) is 11.8 Å². The topological polar surface area (TPSA) is 83.5 Å². The van der Waals surface area contributed by atoms with Crippen LogP contribution in [0.4, 0.5) is 5.69 Å². The van der Waals surface area contributed by atoms with Crippen LogP contribution in [0.3, 0.4) is 0 Å². The Labute approximate surface area is 283 Å². The molecule has 1 fully saturated rings. The van der Waals surface area contributed by atoms with Gasteiger partial charge in [0.05, 0.1) is 12.5 Å². The number of hydrogen-bond donors (Lipinski definition) is 1. The Kier molecular flexibility index (Phi) is 10.5. The molecule has 2 unspecified atom stereocenters. The zero-order valence-corrected chi connectivity index (χ0v) is 27.6. The Morgan fingerprint density at radius 2 is 1.45 bits per heavy atom. The third kappa shape index (κ3) is 8.78. The van der Waals surface area contributed by atoms with Gasteiger partial charge in [-0.2, -0.15) is 0 Å². The molecule has 0 saturated carbocycles. The summed E-state index contributed by atoms with van der Waals surface area (Å²) in [5, 5.41) is 7.03. The van der Waals surface area contributed by atoms with Gasteiger partial charge < -0.3 is 10.2 Å². The van der Waals surface area contributed by atoms with E-state index in [0.717, 1.165) is 32.8 Å². The van der Waals surface area contributed by atoms with E-state index in [4.69, 9.17) is 0 Å². The summed E-state index contributed by atoms with van der Waals surface area (Å²) in [5.74, 6) is -0.425. The minimum atomic E-state index is -0.294. The Hall–Kier alpha value is -4.66. The van der Waals surface area contributed by atoms with Crippen LogP contribution < -0.4 is 5.32 Å². The molecule has 1 N–H and O–H groups in total. The number of allylic oxidation sites excluding steroid dienone is 3. The maximum absolute atomic E-state index is 13.0. The molecule has 0 spiro atoms. The Bertz CT molecular complexity index is 1800. The molecule has 6 rings (SSSR count). The van der Waals surface area contributed by atoms with Crippen molar-refractivity contribution < 1.29 is 19.2 Å². The second kappa shape index (κ2) is 15.3. The van der Waals surface area contributed by atoms with E-state index in [-0.39, 0.29) is 41.6 Å². The molecule has 2 aliphatic rings. The SMILES string of the molecule is O=C1CC(C(=O)/C=C/c2ccc(/C=C/c3ccc(NC(=O)C4CCC(=O)N(Cc5cccs5)C4)cc3)cc2)CC=C1Cc1cccs1. The minimum Gasteiger partial charge on any atom is -0.337 e. The number of piperidine rings is 1. The van der Waals surface area contributed by atoms with Crippen molar-refractivity contribution in [3.8, 4) is 0 Å². The normalized spacial score (nSPS) is 18.6. The zero-order valence-electron chi connectivity index (χ0n) is 26.0. The first-order valence-corrected chi connectivity index (χ1v) is 17.6. The van der Waals surface area contributed by atoms with Crippen LogP contribution in [-0.4, -0.2) is 34.8 Å². The van der Waals surface area contributed by atoms with Crippen molar-refractivity contribution in [2.75, 3.05) is 11.9 Å². The molecule has 8 heteroatoms. The van der Waals surface area contributed by atoms with Gasteiger partial charge in [0.15, 0.2) is 11.6 Å². The van der Waals surface area contributed by atoms with Crippen molar-refractivity contribution >= 4 is 70.0 Å². The molecule has 0 bridgehead atoms. The minimum absolute atomic E-state index is 0.0154. The fraction of sp³-hybridized carbons (Fsp3) is 0.231. The van der Waals surface area contributed by atoms with Gasteiger partial charge in [-0.25, -0.2) is 0 Å². The quantitative estimate of drug-likeness (QED) is 0.130. The number of carbonyl (C=O) groups is 4. The standard InChI is InChI=1S/C39H36N2O4S2/c42-36(31-15-14-30(37(43)24-31)23-34-3-1-21-46-34)19-13-28-8-5-27(6-9-28)7-10-29-11-17-33(18-12-29)40-39(45)32-16-20-38(44)41(25-32)26-35-4-2-22-47-35/h1-14,17-19,21-22,31-32H,15-16,20,23-26H2,(H,40,45)/b10-7+,19-13+. The number of hydrogen-bond acceptors (Lipinski definition) is 6. The zero-order chi connectivity index (χ0) is 32.6. The van der Waals surface area contributed by atoms with Gasteiger partial charge in [-0.15, -0.1) is 22.7 Å². The number of thiophene rings is 2. The fourth-order valence-electron chi connectivity index (χ4n) is 5.84. The number of likely N-dealkylation sites (tertiary alicyclic amines) is 1. The molecule has 2 amide bonds. The summed E-state index contributed by atoms with van der Waals surface area (Å²) in [6.45, 7) is 0.991. The van der Waals surface area contributed by atoms with Crippen LogP contribution in [0.2, 0.25) is 0 Å².